The molecule has 21 heavy (non-hydrogen) atoms. The summed E-state index contributed by atoms with van der Waals surface area (Å²) >= 11 is 0. The molecule has 1 aromatic rings. The smallest absolute Gasteiger partial charge is 0.218 e. The number of halogens is 1. The summed E-state index contributed by atoms with van der Waals surface area (Å²) < 4.78 is 18.7. The Balaban J connectivity index is 2.02. The van der Waals surface area contributed by atoms with Crippen molar-refractivity contribution in [2.24, 2.45) is 5.73 Å². The van der Waals surface area contributed by atoms with E-state index in [1.54, 1.807) is 12.1 Å². The zero-order valence-corrected chi connectivity index (χ0v) is 11.9. The lowest BCUT2D eigenvalue weighted by Gasteiger charge is -2.42. The highest BCUT2D eigenvalue weighted by Crippen LogP contribution is 2.23. The van der Waals surface area contributed by atoms with Gasteiger partial charge in [0.05, 0.1) is 13.2 Å². The first-order valence-corrected chi connectivity index (χ1v) is 7.03. The van der Waals surface area contributed by atoms with Crippen molar-refractivity contribution in [3.05, 3.63) is 35.6 Å². The molecule has 5 nitrogen and oxygen atoms in total. The first-order chi connectivity index (χ1) is 10.0. The second-order valence-electron chi connectivity index (χ2n) is 5.49. The summed E-state index contributed by atoms with van der Waals surface area (Å²) in [5.74, 6) is -0.626. The second-order valence-corrected chi connectivity index (χ2v) is 5.49. The van der Waals surface area contributed by atoms with Gasteiger partial charge in [-0.05, 0) is 17.7 Å². The molecule has 0 bridgehead atoms. The van der Waals surface area contributed by atoms with Gasteiger partial charge in [-0.25, -0.2) is 4.39 Å². The van der Waals surface area contributed by atoms with E-state index in [0.717, 1.165) is 5.56 Å². The molecule has 1 aliphatic heterocycles. The number of aliphatic hydroxyl groups is 1. The van der Waals surface area contributed by atoms with Crippen LogP contribution in [0.15, 0.2) is 24.3 Å². The van der Waals surface area contributed by atoms with Crippen LogP contribution in [0.3, 0.4) is 0 Å². The molecule has 0 aliphatic carbocycles. The van der Waals surface area contributed by atoms with Gasteiger partial charge in [-0.1, -0.05) is 12.1 Å². The zero-order chi connectivity index (χ0) is 15.3. The molecule has 1 aromatic carbocycles. The third-order valence-corrected chi connectivity index (χ3v) is 3.73. The number of morpholine rings is 1. The van der Waals surface area contributed by atoms with Gasteiger partial charge < -0.3 is 15.6 Å². The number of primary amides is 1. The van der Waals surface area contributed by atoms with Crippen LogP contribution in [0.5, 0.6) is 0 Å². The van der Waals surface area contributed by atoms with Crippen LogP contribution in [0, 0.1) is 5.82 Å². The zero-order valence-electron chi connectivity index (χ0n) is 11.9. The van der Waals surface area contributed by atoms with Crippen molar-refractivity contribution < 1.29 is 19.0 Å². The Hall–Kier alpha value is -1.50. The number of hydrogen-bond donors (Lipinski definition) is 2. The molecule has 6 heteroatoms. The van der Waals surface area contributed by atoms with Crippen molar-refractivity contribution in [1.29, 1.82) is 0 Å². The van der Waals surface area contributed by atoms with Crippen molar-refractivity contribution in [1.82, 2.24) is 4.90 Å². The van der Waals surface area contributed by atoms with Crippen LogP contribution >= 0.6 is 0 Å². The Bertz CT molecular complexity index is 480. The van der Waals surface area contributed by atoms with Gasteiger partial charge in [-0.3, -0.25) is 9.69 Å². The average molecular weight is 296 g/mol. The molecule has 1 saturated heterocycles. The summed E-state index contributed by atoms with van der Waals surface area (Å²) in [5, 5.41) is 9.74. The lowest BCUT2D eigenvalue weighted by Crippen LogP contribution is -2.55. The van der Waals surface area contributed by atoms with Crippen molar-refractivity contribution in [2.75, 3.05) is 32.8 Å². The summed E-state index contributed by atoms with van der Waals surface area (Å²) in [6.07, 6.45) is 0.787. The summed E-state index contributed by atoms with van der Waals surface area (Å²) in [7, 11) is 0. The number of benzene rings is 1. The Labute approximate surface area is 123 Å². The van der Waals surface area contributed by atoms with Gasteiger partial charge >= 0.3 is 0 Å². The molecule has 0 saturated carbocycles. The van der Waals surface area contributed by atoms with E-state index in [2.05, 4.69) is 4.90 Å². The van der Waals surface area contributed by atoms with Gasteiger partial charge in [-0.15, -0.1) is 0 Å². The molecule has 1 amide bonds. The maximum absolute atomic E-state index is 12.9. The lowest BCUT2D eigenvalue weighted by molar-refractivity contribution is -0.134. The van der Waals surface area contributed by atoms with E-state index >= 15 is 0 Å². The van der Waals surface area contributed by atoms with Crippen molar-refractivity contribution >= 4 is 5.91 Å². The number of aliphatic hydroxyl groups excluding tert-OH is 1. The average Bonchev–Trinajstić information content (AvgIpc) is 2.48. The number of nitrogens with zero attached hydrogens (tertiary/aromatic N) is 1. The maximum Gasteiger partial charge on any atom is 0.218 e. The van der Waals surface area contributed by atoms with Crippen LogP contribution in [0.4, 0.5) is 4.39 Å². The summed E-state index contributed by atoms with van der Waals surface area (Å²) in [4.78, 5) is 12.9. The number of carbonyl (C=O) groups excluding carboxylic acids is 1. The van der Waals surface area contributed by atoms with E-state index in [4.69, 9.17) is 10.5 Å². The predicted molar refractivity (Wildman–Crippen MR) is 76.1 cm³/mol. The number of carbonyl (C=O) groups is 1. The van der Waals surface area contributed by atoms with Gasteiger partial charge in [0.15, 0.2) is 0 Å². The van der Waals surface area contributed by atoms with E-state index in [1.165, 1.54) is 12.1 Å². The number of hydrogen-bond acceptors (Lipinski definition) is 4. The minimum atomic E-state index is -0.715. The number of nitrogens with two attached hydrogens (primary N) is 1. The summed E-state index contributed by atoms with van der Waals surface area (Å²) in [6.45, 7) is 2.15. The Morgan fingerprint density at radius 2 is 2.14 bits per heavy atom. The van der Waals surface area contributed by atoms with E-state index < -0.39 is 5.60 Å². The Morgan fingerprint density at radius 1 is 1.43 bits per heavy atom. The van der Waals surface area contributed by atoms with Crippen LogP contribution in [-0.2, 0) is 16.0 Å². The number of ether oxygens (including phenoxy) is 1. The van der Waals surface area contributed by atoms with Crippen LogP contribution < -0.4 is 5.73 Å². The monoisotopic (exact) mass is 296 g/mol. The largest absolute Gasteiger partial charge is 0.393 e. The van der Waals surface area contributed by atoms with Crippen molar-refractivity contribution in [2.45, 2.75) is 18.4 Å². The van der Waals surface area contributed by atoms with Gasteiger partial charge in [0.25, 0.3) is 0 Å². The maximum atomic E-state index is 12.9. The topological polar surface area (TPSA) is 75.8 Å². The van der Waals surface area contributed by atoms with Crippen molar-refractivity contribution in [3.63, 3.8) is 0 Å². The predicted octanol–water partition coefficient (Wildman–Crippen LogP) is 0.307. The normalized spacial score (nSPS) is 23.1. The molecule has 1 aliphatic rings. The summed E-state index contributed by atoms with van der Waals surface area (Å²) in [6, 6.07) is 6.18. The van der Waals surface area contributed by atoms with Gasteiger partial charge in [-0.2, -0.15) is 0 Å². The standard InChI is InChI=1S/C15H21FN2O3/c16-13-3-1-12(2-4-13)9-15(11-19)10-18(7-8-21-15)6-5-14(17)20/h1-4,19H,5-11H2,(H2,17,20)/t15-/m1/s1. The van der Waals surface area contributed by atoms with E-state index in [1.807, 2.05) is 0 Å². The molecule has 0 unspecified atom stereocenters. The number of rotatable bonds is 6. The fourth-order valence-electron chi connectivity index (χ4n) is 2.62. The molecule has 0 spiro atoms. The first kappa shape index (κ1) is 15.9. The highest BCUT2D eigenvalue weighted by molar-refractivity contribution is 5.73. The second kappa shape index (κ2) is 6.98. The molecular formula is C15H21FN2O3. The number of amides is 1. The molecule has 1 fully saturated rings. The molecule has 2 rings (SSSR count). The van der Waals surface area contributed by atoms with Crippen molar-refractivity contribution in [3.8, 4) is 0 Å². The highest BCUT2D eigenvalue weighted by Gasteiger charge is 2.36. The molecule has 0 aromatic heterocycles. The van der Waals surface area contributed by atoms with Crippen LogP contribution in [0.1, 0.15) is 12.0 Å². The third-order valence-electron chi connectivity index (χ3n) is 3.73. The quantitative estimate of drug-likeness (QED) is 0.792. The van der Waals surface area contributed by atoms with Crippen LogP contribution in [-0.4, -0.2) is 54.4 Å². The summed E-state index contributed by atoms with van der Waals surface area (Å²) in [5.41, 5.74) is 5.36. The third kappa shape index (κ3) is 4.49. The fourth-order valence-corrected chi connectivity index (χ4v) is 2.62. The van der Waals surface area contributed by atoms with Gasteiger partial charge in [0.1, 0.15) is 11.4 Å². The van der Waals surface area contributed by atoms with E-state index in [-0.39, 0.29) is 24.8 Å². The lowest BCUT2D eigenvalue weighted by atomic mass is 9.93. The van der Waals surface area contributed by atoms with Gasteiger partial charge in [0.2, 0.25) is 5.91 Å². The molecular weight excluding hydrogens is 275 g/mol. The molecule has 1 heterocycles. The SMILES string of the molecule is NC(=O)CCN1CCO[C@](CO)(Cc2ccc(F)cc2)C1. The molecule has 3 N–H and O–H groups in total. The van der Waals surface area contributed by atoms with E-state index in [9.17, 15) is 14.3 Å². The van der Waals surface area contributed by atoms with E-state index in [0.29, 0.717) is 32.7 Å². The van der Waals surface area contributed by atoms with Crippen LogP contribution in [0.2, 0.25) is 0 Å². The molecule has 116 valence electrons. The molecule has 0 radical (unpaired) electrons. The first-order valence-electron chi connectivity index (χ1n) is 7.03. The minimum absolute atomic E-state index is 0.128. The fraction of sp³-hybridized carbons (Fsp3) is 0.533. The minimum Gasteiger partial charge on any atom is -0.393 e. The Kier molecular flexibility index (Phi) is 5.27. The van der Waals surface area contributed by atoms with Gasteiger partial charge in [0, 0.05) is 32.5 Å². The molecule has 1 atom stereocenters. The van der Waals surface area contributed by atoms with Crippen LogP contribution in [0.25, 0.3) is 0 Å². The highest BCUT2D eigenvalue weighted by atomic mass is 19.1. The Morgan fingerprint density at radius 3 is 2.76 bits per heavy atom.